The highest BCUT2D eigenvalue weighted by molar-refractivity contribution is 5.89. The Bertz CT molecular complexity index is 2170. The first-order valence-electron chi connectivity index (χ1n) is 14.8. The van der Waals surface area contributed by atoms with Gasteiger partial charge in [-0.2, -0.15) is 0 Å². The van der Waals surface area contributed by atoms with Gasteiger partial charge in [-0.15, -0.1) is 0 Å². The van der Waals surface area contributed by atoms with Crippen molar-refractivity contribution in [3.8, 4) is 69.1 Å². The molecule has 0 atom stereocenters. The van der Waals surface area contributed by atoms with Gasteiger partial charge >= 0.3 is 23.9 Å². The van der Waals surface area contributed by atoms with Gasteiger partial charge in [-0.05, 0) is 59.0 Å². The fourth-order valence-electron chi connectivity index (χ4n) is 4.38. The Hall–Kier alpha value is -7.43. The Labute approximate surface area is 292 Å². The molecule has 0 aliphatic heterocycles. The molecule has 0 aliphatic rings. The van der Waals surface area contributed by atoms with Crippen LogP contribution in [0.5, 0.6) is 23.0 Å². The molecule has 51 heavy (non-hydrogen) atoms. The predicted molar refractivity (Wildman–Crippen MR) is 187 cm³/mol. The average Bonchev–Trinajstić information content (AvgIpc) is 3.15. The van der Waals surface area contributed by atoms with Gasteiger partial charge in [0.15, 0.2) is 17.3 Å². The van der Waals surface area contributed by atoms with E-state index >= 15 is 4.39 Å². The maximum atomic E-state index is 16.6. The molecular weight excluding hydrogens is 655 g/mol. The van der Waals surface area contributed by atoms with Crippen LogP contribution in [0.25, 0.3) is 22.3 Å². The van der Waals surface area contributed by atoms with Crippen LogP contribution in [0.1, 0.15) is 16.7 Å². The van der Waals surface area contributed by atoms with Crippen LogP contribution in [-0.2, 0) is 23.9 Å². The van der Waals surface area contributed by atoms with Crippen LogP contribution < -0.4 is 18.9 Å². The molecule has 10 heteroatoms. The standard InChI is InChI=1S/C41H27FO9/c1-6-34(43)48-25-24-32-38(29-15-13-27(14-16-29)28-17-21-31(22-18-28)50-36(45)8-3)39(42)41(47-5)33(40(32)51-37(46)9-4)23-12-26-10-19-30(20-11-26)49-35(44)7-2/h6-11,13-22H,1-4H2,5H3. The normalized spacial score (nSPS) is 9.69. The Morgan fingerprint density at radius 1 is 0.569 bits per heavy atom. The number of carbonyl (C=O) groups excluding carboxylic acids is 4. The summed E-state index contributed by atoms with van der Waals surface area (Å²) in [7, 11) is 1.21. The summed E-state index contributed by atoms with van der Waals surface area (Å²) in [6, 6.07) is 19.4. The first kappa shape index (κ1) is 36.4. The summed E-state index contributed by atoms with van der Waals surface area (Å²) in [6.45, 7) is 13.5. The molecule has 0 saturated carbocycles. The zero-order valence-electron chi connectivity index (χ0n) is 27.1. The minimum atomic E-state index is -0.922. The minimum Gasteiger partial charge on any atom is -0.492 e. The van der Waals surface area contributed by atoms with Gasteiger partial charge in [0, 0.05) is 35.4 Å². The maximum absolute atomic E-state index is 16.6. The summed E-state index contributed by atoms with van der Waals surface area (Å²) in [4.78, 5) is 47.5. The predicted octanol–water partition coefficient (Wildman–Crippen LogP) is 6.88. The SMILES string of the molecule is C=CC(=O)OC#Cc1c(OC(=O)C=C)c(C#Cc2ccc(OC(=O)C=C)cc2)c(OC)c(F)c1-c1ccc(-c2ccc(OC(=O)C=C)cc2)cc1. The van der Waals surface area contributed by atoms with Gasteiger partial charge in [-0.1, -0.05) is 74.6 Å². The topological polar surface area (TPSA) is 114 Å². The third kappa shape index (κ3) is 9.14. The number of esters is 4. The first-order valence-corrected chi connectivity index (χ1v) is 14.8. The largest absolute Gasteiger partial charge is 0.492 e. The van der Waals surface area contributed by atoms with Crippen molar-refractivity contribution in [2.75, 3.05) is 7.11 Å². The van der Waals surface area contributed by atoms with Crippen LogP contribution in [0.3, 0.4) is 0 Å². The second-order valence-electron chi connectivity index (χ2n) is 9.91. The number of hydrogen-bond acceptors (Lipinski definition) is 9. The van der Waals surface area contributed by atoms with Gasteiger partial charge in [0.2, 0.25) is 0 Å². The van der Waals surface area contributed by atoms with E-state index in [4.69, 9.17) is 23.7 Å². The van der Waals surface area contributed by atoms with E-state index < -0.39 is 29.7 Å². The minimum absolute atomic E-state index is 0.155. The van der Waals surface area contributed by atoms with E-state index in [0.717, 1.165) is 35.4 Å². The fraction of sp³-hybridized carbons (Fsp3) is 0.0244. The van der Waals surface area contributed by atoms with Crippen LogP contribution in [0, 0.1) is 29.7 Å². The lowest BCUT2D eigenvalue weighted by atomic mass is 9.93. The Kier molecular flexibility index (Phi) is 12.2. The molecule has 0 bridgehead atoms. The second-order valence-corrected chi connectivity index (χ2v) is 9.91. The molecule has 4 aromatic carbocycles. The van der Waals surface area contributed by atoms with E-state index in [2.05, 4.69) is 50.2 Å². The van der Waals surface area contributed by atoms with Crippen molar-refractivity contribution in [1.29, 1.82) is 0 Å². The molecule has 0 N–H and O–H groups in total. The third-order valence-corrected chi connectivity index (χ3v) is 6.74. The first-order chi connectivity index (χ1) is 24.6. The lowest BCUT2D eigenvalue weighted by molar-refractivity contribution is -0.131. The van der Waals surface area contributed by atoms with Gasteiger partial charge in [0.05, 0.1) is 12.7 Å². The van der Waals surface area contributed by atoms with Crippen molar-refractivity contribution in [1.82, 2.24) is 0 Å². The number of carbonyl (C=O) groups is 4. The highest BCUT2D eigenvalue weighted by Gasteiger charge is 2.27. The molecule has 9 nitrogen and oxygen atoms in total. The highest BCUT2D eigenvalue weighted by Crippen LogP contribution is 2.43. The molecule has 0 spiro atoms. The molecule has 252 valence electrons. The van der Waals surface area contributed by atoms with Crippen LogP contribution in [0.15, 0.2) is 123 Å². The fourth-order valence-corrected chi connectivity index (χ4v) is 4.38. The van der Waals surface area contributed by atoms with Crippen molar-refractivity contribution in [3.05, 3.63) is 146 Å². The van der Waals surface area contributed by atoms with E-state index in [1.54, 1.807) is 60.7 Å². The molecule has 0 aliphatic carbocycles. The van der Waals surface area contributed by atoms with Gasteiger partial charge in [0.1, 0.15) is 23.2 Å². The number of methoxy groups -OCH3 is 1. The highest BCUT2D eigenvalue weighted by atomic mass is 19.1. The molecule has 0 amide bonds. The molecule has 4 rings (SSSR count). The third-order valence-electron chi connectivity index (χ3n) is 6.74. The van der Waals surface area contributed by atoms with E-state index in [-0.39, 0.29) is 39.5 Å². The monoisotopic (exact) mass is 682 g/mol. The summed E-state index contributed by atoms with van der Waals surface area (Å²) in [5.41, 5.74) is 1.64. The second kappa shape index (κ2) is 17.1. The molecule has 0 unspecified atom stereocenters. The van der Waals surface area contributed by atoms with E-state index in [1.807, 2.05) is 0 Å². The molecule has 0 saturated heterocycles. The van der Waals surface area contributed by atoms with Gasteiger partial charge < -0.3 is 23.7 Å². The number of rotatable bonds is 10. The van der Waals surface area contributed by atoms with E-state index in [9.17, 15) is 19.2 Å². The average molecular weight is 683 g/mol. The van der Waals surface area contributed by atoms with Crippen molar-refractivity contribution >= 4 is 23.9 Å². The van der Waals surface area contributed by atoms with Crippen LogP contribution in [0.2, 0.25) is 0 Å². The summed E-state index contributed by atoms with van der Waals surface area (Å²) in [5, 5.41) is 0. The quantitative estimate of drug-likeness (QED) is 0.0764. The Morgan fingerprint density at radius 3 is 1.55 bits per heavy atom. The van der Waals surface area contributed by atoms with E-state index in [1.165, 1.54) is 19.2 Å². The van der Waals surface area contributed by atoms with Crippen molar-refractivity contribution in [2.45, 2.75) is 0 Å². The van der Waals surface area contributed by atoms with Crippen LogP contribution in [0.4, 0.5) is 4.39 Å². The smallest absolute Gasteiger partial charge is 0.344 e. The van der Waals surface area contributed by atoms with Gasteiger partial charge in [0.25, 0.3) is 0 Å². The summed E-state index contributed by atoms with van der Waals surface area (Å²) < 4.78 is 42.7. The van der Waals surface area contributed by atoms with Gasteiger partial charge in [-0.25, -0.2) is 23.6 Å². The molecule has 0 heterocycles. The maximum Gasteiger partial charge on any atom is 0.344 e. The van der Waals surface area contributed by atoms with Crippen molar-refractivity contribution < 1.29 is 47.3 Å². The molecular formula is C41H27FO9. The Morgan fingerprint density at radius 2 is 1.04 bits per heavy atom. The van der Waals surface area contributed by atoms with Gasteiger partial charge in [-0.3, -0.25) is 0 Å². The van der Waals surface area contributed by atoms with Crippen LogP contribution in [-0.4, -0.2) is 31.0 Å². The molecule has 0 radical (unpaired) electrons. The summed E-state index contributed by atoms with van der Waals surface area (Å²) in [5.74, 6) is 4.17. The zero-order valence-corrected chi connectivity index (χ0v) is 27.1. The van der Waals surface area contributed by atoms with E-state index in [0.29, 0.717) is 11.3 Å². The summed E-state index contributed by atoms with van der Waals surface area (Å²) in [6.07, 6.45) is 6.06. The number of hydrogen-bond donors (Lipinski definition) is 0. The number of benzene rings is 4. The van der Waals surface area contributed by atoms with Crippen molar-refractivity contribution in [3.63, 3.8) is 0 Å². The van der Waals surface area contributed by atoms with Crippen molar-refractivity contribution in [2.24, 2.45) is 0 Å². The number of ether oxygens (including phenoxy) is 5. The number of halogens is 1. The van der Waals surface area contributed by atoms with Crippen LogP contribution >= 0.6 is 0 Å². The lowest BCUT2D eigenvalue weighted by Gasteiger charge is -2.18. The lowest BCUT2D eigenvalue weighted by Crippen LogP contribution is -2.10. The summed E-state index contributed by atoms with van der Waals surface area (Å²) >= 11 is 0. The molecule has 0 fully saturated rings. The molecule has 4 aromatic rings. The zero-order chi connectivity index (χ0) is 36.9. The molecule has 0 aromatic heterocycles. The Balaban J connectivity index is 1.89.